The minimum atomic E-state index is 0.314. The summed E-state index contributed by atoms with van der Waals surface area (Å²) >= 11 is 1.75. The van der Waals surface area contributed by atoms with Gasteiger partial charge in [0.2, 0.25) is 0 Å². The van der Waals surface area contributed by atoms with Crippen molar-refractivity contribution < 1.29 is 0 Å². The number of fused-ring (bicyclic) bond motifs is 1. The number of rotatable bonds is 4. The van der Waals surface area contributed by atoms with E-state index in [2.05, 4.69) is 58.1 Å². The SMILES string of the molecule is NC1CCCC(N(Cc2ccsc2)c2ccc3ccccc3n2)C1. The van der Waals surface area contributed by atoms with Gasteiger partial charge in [0.25, 0.3) is 0 Å². The highest BCUT2D eigenvalue weighted by Crippen LogP contribution is 2.29. The maximum Gasteiger partial charge on any atom is 0.129 e. The molecule has 2 unspecified atom stereocenters. The predicted octanol–water partition coefficient (Wildman–Crippen LogP) is 4.57. The highest BCUT2D eigenvalue weighted by Gasteiger charge is 2.26. The highest BCUT2D eigenvalue weighted by molar-refractivity contribution is 7.07. The lowest BCUT2D eigenvalue weighted by molar-refractivity contribution is 0.370. The summed E-state index contributed by atoms with van der Waals surface area (Å²) < 4.78 is 0. The van der Waals surface area contributed by atoms with Gasteiger partial charge in [-0.3, -0.25) is 0 Å². The fourth-order valence-electron chi connectivity index (χ4n) is 3.68. The number of para-hydroxylation sites is 1. The molecule has 0 bridgehead atoms. The normalized spacial score (nSPS) is 21.0. The molecule has 0 saturated heterocycles. The van der Waals surface area contributed by atoms with E-state index < -0.39 is 0 Å². The second-order valence-electron chi connectivity index (χ2n) is 6.70. The summed E-state index contributed by atoms with van der Waals surface area (Å²) in [7, 11) is 0. The van der Waals surface area contributed by atoms with E-state index in [0.717, 1.165) is 30.7 Å². The molecule has 1 aliphatic carbocycles. The lowest BCUT2D eigenvalue weighted by Gasteiger charge is -2.37. The molecule has 2 atom stereocenters. The fourth-order valence-corrected chi connectivity index (χ4v) is 4.34. The molecule has 1 aromatic carbocycles. The highest BCUT2D eigenvalue weighted by atomic mass is 32.1. The van der Waals surface area contributed by atoms with Gasteiger partial charge in [-0.2, -0.15) is 11.3 Å². The zero-order valence-electron chi connectivity index (χ0n) is 13.8. The van der Waals surface area contributed by atoms with Gasteiger partial charge in [0.15, 0.2) is 0 Å². The van der Waals surface area contributed by atoms with Crippen LogP contribution in [0.3, 0.4) is 0 Å². The van der Waals surface area contributed by atoms with Crippen molar-refractivity contribution in [2.75, 3.05) is 4.90 Å². The molecule has 1 aliphatic rings. The zero-order valence-corrected chi connectivity index (χ0v) is 14.6. The van der Waals surface area contributed by atoms with Crippen LogP contribution in [0.2, 0.25) is 0 Å². The van der Waals surface area contributed by atoms with E-state index in [-0.39, 0.29) is 0 Å². The summed E-state index contributed by atoms with van der Waals surface area (Å²) in [5.74, 6) is 1.07. The molecule has 0 spiro atoms. The average molecular weight is 337 g/mol. The number of hydrogen-bond donors (Lipinski definition) is 1. The summed E-state index contributed by atoms with van der Waals surface area (Å²) in [6.45, 7) is 0.909. The van der Waals surface area contributed by atoms with Gasteiger partial charge in [-0.1, -0.05) is 18.2 Å². The Labute approximate surface area is 147 Å². The van der Waals surface area contributed by atoms with E-state index in [1.807, 2.05) is 0 Å². The smallest absolute Gasteiger partial charge is 0.129 e. The third-order valence-corrected chi connectivity index (χ3v) is 5.67. The van der Waals surface area contributed by atoms with Crippen LogP contribution in [0.1, 0.15) is 31.2 Å². The standard InChI is InChI=1S/C20H23N3S/c21-17-5-3-6-18(12-17)23(13-15-10-11-24-14-15)20-9-8-16-4-1-2-7-19(16)22-20/h1-2,4,7-11,14,17-18H,3,5-6,12-13,21H2. The summed E-state index contributed by atoms with van der Waals surface area (Å²) in [4.78, 5) is 7.41. The van der Waals surface area contributed by atoms with Crippen molar-refractivity contribution >= 4 is 28.1 Å². The quantitative estimate of drug-likeness (QED) is 0.758. The van der Waals surface area contributed by atoms with Crippen molar-refractivity contribution in [3.05, 3.63) is 58.8 Å². The van der Waals surface area contributed by atoms with Crippen LogP contribution in [0.5, 0.6) is 0 Å². The van der Waals surface area contributed by atoms with Gasteiger partial charge in [-0.15, -0.1) is 0 Å². The van der Waals surface area contributed by atoms with Gasteiger partial charge in [0.05, 0.1) is 5.52 Å². The number of pyridine rings is 1. The van der Waals surface area contributed by atoms with Crippen molar-refractivity contribution in [3.8, 4) is 0 Å². The molecule has 4 heteroatoms. The summed E-state index contributed by atoms with van der Waals surface area (Å²) in [6.07, 6.45) is 4.61. The van der Waals surface area contributed by atoms with Gasteiger partial charge in [-0.25, -0.2) is 4.98 Å². The summed E-state index contributed by atoms with van der Waals surface area (Å²) in [5.41, 5.74) is 8.68. The van der Waals surface area contributed by atoms with Gasteiger partial charge in [0.1, 0.15) is 5.82 Å². The molecule has 4 rings (SSSR count). The summed E-state index contributed by atoms with van der Waals surface area (Å²) in [6, 6.07) is 15.7. The third kappa shape index (κ3) is 3.30. The minimum Gasteiger partial charge on any atom is -0.349 e. The Bertz CT molecular complexity index is 800. The van der Waals surface area contributed by atoms with Crippen LogP contribution in [0, 0.1) is 0 Å². The molecule has 1 saturated carbocycles. The van der Waals surface area contributed by atoms with Crippen LogP contribution >= 0.6 is 11.3 Å². The molecule has 2 N–H and O–H groups in total. The first kappa shape index (κ1) is 15.6. The molecule has 3 aromatic rings. The average Bonchev–Trinajstić information content (AvgIpc) is 3.12. The Hall–Kier alpha value is -1.91. The van der Waals surface area contributed by atoms with Crippen LogP contribution in [0.15, 0.2) is 53.2 Å². The Kier molecular flexibility index (Phi) is 4.50. The molecule has 0 amide bonds. The van der Waals surface area contributed by atoms with Crippen molar-refractivity contribution in [3.63, 3.8) is 0 Å². The molecule has 24 heavy (non-hydrogen) atoms. The fraction of sp³-hybridized carbons (Fsp3) is 0.350. The maximum atomic E-state index is 6.26. The second kappa shape index (κ2) is 6.91. The van der Waals surface area contributed by atoms with E-state index in [9.17, 15) is 0 Å². The molecule has 2 aromatic heterocycles. The van der Waals surface area contributed by atoms with Crippen LogP contribution in [-0.2, 0) is 6.54 Å². The van der Waals surface area contributed by atoms with Crippen LogP contribution < -0.4 is 10.6 Å². The maximum absolute atomic E-state index is 6.26. The van der Waals surface area contributed by atoms with E-state index in [4.69, 9.17) is 10.7 Å². The van der Waals surface area contributed by atoms with Crippen LogP contribution in [0.25, 0.3) is 10.9 Å². The van der Waals surface area contributed by atoms with Crippen molar-refractivity contribution in [1.82, 2.24) is 4.98 Å². The Morgan fingerprint density at radius 3 is 2.88 bits per heavy atom. The summed E-state index contributed by atoms with van der Waals surface area (Å²) in [5, 5.41) is 5.57. The number of nitrogens with two attached hydrogens (primary N) is 1. The Balaban J connectivity index is 1.69. The molecule has 0 radical (unpaired) electrons. The van der Waals surface area contributed by atoms with E-state index in [1.165, 1.54) is 23.8 Å². The Morgan fingerprint density at radius 2 is 2.04 bits per heavy atom. The Morgan fingerprint density at radius 1 is 1.12 bits per heavy atom. The predicted molar refractivity (Wildman–Crippen MR) is 102 cm³/mol. The molecule has 124 valence electrons. The second-order valence-corrected chi connectivity index (χ2v) is 7.48. The topological polar surface area (TPSA) is 42.1 Å². The van der Waals surface area contributed by atoms with Crippen LogP contribution in [-0.4, -0.2) is 17.1 Å². The molecular formula is C20H23N3S. The molecule has 0 aliphatic heterocycles. The van der Waals surface area contributed by atoms with Crippen molar-refractivity contribution in [2.45, 2.75) is 44.3 Å². The molecule has 3 nitrogen and oxygen atoms in total. The van der Waals surface area contributed by atoms with Crippen molar-refractivity contribution in [1.29, 1.82) is 0 Å². The first-order valence-corrected chi connectivity index (χ1v) is 9.63. The number of aromatic nitrogens is 1. The van der Waals surface area contributed by atoms with Gasteiger partial charge >= 0.3 is 0 Å². The molecule has 2 heterocycles. The number of thiophene rings is 1. The molecular weight excluding hydrogens is 314 g/mol. The molecule has 1 fully saturated rings. The number of anilines is 1. The first-order chi connectivity index (χ1) is 11.8. The van der Waals surface area contributed by atoms with Gasteiger partial charge in [0, 0.05) is 24.0 Å². The number of benzene rings is 1. The number of hydrogen-bond acceptors (Lipinski definition) is 4. The first-order valence-electron chi connectivity index (χ1n) is 8.69. The largest absolute Gasteiger partial charge is 0.349 e. The minimum absolute atomic E-state index is 0.314. The van der Waals surface area contributed by atoms with E-state index in [1.54, 1.807) is 11.3 Å². The lowest BCUT2D eigenvalue weighted by Crippen LogP contribution is -2.42. The number of nitrogens with zero attached hydrogens (tertiary/aromatic N) is 2. The van der Waals surface area contributed by atoms with E-state index >= 15 is 0 Å². The lowest BCUT2D eigenvalue weighted by atomic mass is 9.90. The van der Waals surface area contributed by atoms with Gasteiger partial charge < -0.3 is 10.6 Å². The third-order valence-electron chi connectivity index (χ3n) is 4.94. The van der Waals surface area contributed by atoms with E-state index in [0.29, 0.717) is 12.1 Å². The monoisotopic (exact) mass is 337 g/mol. The van der Waals surface area contributed by atoms with Crippen molar-refractivity contribution in [2.24, 2.45) is 5.73 Å². The van der Waals surface area contributed by atoms with Gasteiger partial charge in [-0.05, 0) is 66.3 Å². The zero-order chi connectivity index (χ0) is 16.4. The van der Waals surface area contributed by atoms with Crippen LogP contribution in [0.4, 0.5) is 5.82 Å².